The van der Waals surface area contributed by atoms with Crippen molar-refractivity contribution in [2.45, 2.75) is 13.2 Å². The Morgan fingerprint density at radius 1 is 1.28 bits per heavy atom. The summed E-state index contributed by atoms with van der Waals surface area (Å²) < 4.78 is 9.78. The lowest BCUT2D eigenvalue weighted by Gasteiger charge is -2.05. The third-order valence-electron chi connectivity index (χ3n) is 2.31. The van der Waals surface area contributed by atoms with Gasteiger partial charge in [0.25, 0.3) is 0 Å². The third kappa shape index (κ3) is 3.18. The fraction of sp³-hybridized carbons (Fsp3) is 0.333. The Kier molecular flexibility index (Phi) is 4.11. The van der Waals surface area contributed by atoms with Crippen molar-refractivity contribution in [1.82, 2.24) is 9.36 Å². The number of benzene rings is 1. The van der Waals surface area contributed by atoms with Crippen LogP contribution in [-0.4, -0.2) is 28.6 Å². The van der Waals surface area contributed by atoms with Gasteiger partial charge in [-0.25, -0.2) is 0 Å². The molecular weight excluding hydrogens is 250 g/mol. The molecule has 0 bridgehead atoms. The highest BCUT2D eigenvalue weighted by molar-refractivity contribution is 7.09. The van der Waals surface area contributed by atoms with Crippen LogP contribution < -0.4 is 9.64 Å². The minimum atomic E-state index is 0.0418. The summed E-state index contributed by atoms with van der Waals surface area (Å²) in [6.45, 7) is 0.392. The molecule has 0 amide bonds. The van der Waals surface area contributed by atoms with Crippen LogP contribution in [0.5, 0.6) is 5.75 Å². The van der Waals surface area contributed by atoms with E-state index in [1.807, 2.05) is 43.3 Å². The average molecular weight is 265 g/mol. The molecule has 0 unspecified atom stereocenters. The zero-order chi connectivity index (χ0) is 13.0. The normalized spacial score (nSPS) is 10.4. The topological polar surface area (TPSA) is 58.5 Å². The molecule has 0 fully saturated rings. The van der Waals surface area contributed by atoms with Crippen molar-refractivity contribution in [2.24, 2.45) is 0 Å². The minimum absolute atomic E-state index is 0.0418. The fourth-order valence-electron chi connectivity index (χ4n) is 1.32. The number of anilines is 1. The summed E-state index contributed by atoms with van der Waals surface area (Å²) in [4.78, 5) is 6.24. The maximum Gasteiger partial charge on any atom is 0.204 e. The standard InChI is InChI=1S/C12H15N3O2S/c1-15(2)12-13-11(14-18-12)8-17-10-5-3-9(7-16)4-6-10/h3-6,16H,7-8H2,1-2H3. The molecule has 0 aliphatic rings. The SMILES string of the molecule is CN(C)c1nc(COc2ccc(CO)cc2)ns1. The molecule has 0 atom stereocenters. The number of hydrogen-bond donors (Lipinski definition) is 1. The molecule has 0 aliphatic heterocycles. The Morgan fingerprint density at radius 2 is 2.00 bits per heavy atom. The minimum Gasteiger partial charge on any atom is -0.486 e. The molecule has 96 valence electrons. The largest absolute Gasteiger partial charge is 0.486 e. The van der Waals surface area contributed by atoms with Gasteiger partial charge in [-0.15, -0.1) is 0 Å². The summed E-state index contributed by atoms with van der Waals surface area (Å²) >= 11 is 1.35. The Balaban J connectivity index is 1.93. The third-order valence-corrected chi connectivity index (χ3v) is 3.24. The number of ether oxygens (including phenoxy) is 1. The summed E-state index contributed by atoms with van der Waals surface area (Å²) in [5.41, 5.74) is 0.865. The highest BCUT2D eigenvalue weighted by atomic mass is 32.1. The van der Waals surface area contributed by atoms with Gasteiger partial charge in [0.1, 0.15) is 12.4 Å². The van der Waals surface area contributed by atoms with Gasteiger partial charge in [-0.3, -0.25) is 0 Å². The number of rotatable bonds is 5. The molecule has 0 saturated carbocycles. The molecule has 1 aromatic carbocycles. The van der Waals surface area contributed by atoms with E-state index in [0.29, 0.717) is 12.4 Å². The Bertz CT molecular complexity index is 496. The zero-order valence-electron chi connectivity index (χ0n) is 10.3. The molecule has 0 saturated heterocycles. The van der Waals surface area contributed by atoms with Crippen molar-refractivity contribution in [3.63, 3.8) is 0 Å². The second kappa shape index (κ2) is 5.79. The molecular formula is C12H15N3O2S. The summed E-state index contributed by atoms with van der Waals surface area (Å²) in [5, 5.41) is 9.79. The van der Waals surface area contributed by atoms with E-state index in [0.717, 1.165) is 16.4 Å². The molecule has 0 radical (unpaired) electrons. The first-order valence-corrected chi connectivity index (χ1v) is 6.29. The monoisotopic (exact) mass is 265 g/mol. The molecule has 1 N–H and O–H groups in total. The molecule has 0 spiro atoms. The van der Waals surface area contributed by atoms with Gasteiger partial charge in [0, 0.05) is 25.6 Å². The van der Waals surface area contributed by atoms with E-state index in [2.05, 4.69) is 9.36 Å². The van der Waals surface area contributed by atoms with Crippen molar-refractivity contribution in [1.29, 1.82) is 0 Å². The molecule has 1 heterocycles. The second-order valence-corrected chi connectivity index (χ2v) is 4.71. The van der Waals surface area contributed by atoms with E-state index < -0.39 is 0 Å². The average Bonchev–Trinajstić information content (AvgIpc) is 2.86. The van der Waals surface area contributed by atoms with Crippen molar-refractivity contribution < 1.29 is 9.84 Å². The predicted molar refractivity (Wildman–Crippen MR) is 70.9 cm³/mol. The van der Waals surface area contributed by atoms with Crippen molar-refractivity contribution >= 4 is 16.7 Å². The van der Waals surface area contributed by atoms with E-state index >= 15 is 0 Å². The van der Waals surface area contributed by atoms with Crippen molar-refractivity contribution in [3.05, 3.63) is 35.7 Å². The van der Waals surface area contributed by atoms with Crippen molar-refractivity contribution in [3.8, 4) is 5.75 Å². The van der Waals surface area contributed by atoms with Crippen LogP contribution in [0.2, 0.25) is 0 Å². The van der Waals surface area contributed by atoms with Crippen LogP contribution in [-0.2, 0) is 13.2 Å². The summed E-state index contributed by atoms with van der Waals surface area (Å²) in [7, 11) is 3.86. The van der Waals surface area contributed by atoms with Gasteiger partial charge >= 0.3 is 0 Å². The number of aliphatic hydroxyl groups excluding tert-OH is 1. The molecule has 18 heavy (non-hydrogen) atoms. The summed E-state index contributed by atoms with van der Waals surface area (Å²) in [6.07, 6.45) is 0. The van der Waals surface area contributed by atoms with Crippen LogP contribution in [0.3, 0.4) is 0 Å². The highest BCUT2D eigenvalue weighted by Gasteiger charge is 2.06. The molecule has 0 aliphatic carbocycles. The fourth-order valence-corrected chi connectivity index (χ4v) is 1.91. The van der Waals surface area contributed by atoms with Crippen LogP contribution in [0.4, 0.5) is 5.13 Å². The van der Waals surface area contributed by atoms with Gasteiger partial charge < -0.3 is 14.7 Å². The van der Waals surface area contributed by atoms with Gasteiger partial charge in [-0.2, -0.15) is 9.36 Å². The smallest absolute Gasteiger partial charge is 0.204 e. The lowest BCUT2D eigenvalue weighted by Crippen LogP contribution is -2.08. The summed E-state index contributed by atoms with van der Waals surface area (Å²) in [5.74, 6) is 1.42. The highest BCUT2D eigenvalue weighted by Crippen LogP contribution is 2.17. The first-order chi connectivity index (χ1) is 8.69. The van der Waals surface area contributed by atoms with Crippen molar-refractivity contribution in [2.75, 3.05) is 19.0 Å². The first-order valence-electron chi connectivity index (χ1n) is 5.51. The maximum atomic E-state index is 8.93. The van der Waals surface area contributed by atoms with Crippen LogP contribution in [0.1, 0.15) is 11.4 Å². The second-order valence-electron chi connectivity index (χ2n) is 3.98. The van der Waals surface area contributed by atoms with Crippen LogP contribution in [0, 0.1) is 0 Å². The van der Waals surface area contributed by atoms with Crippen LogP contribution in [0.25, 0.3) is 0 Å². The molecule has 1 aromatic heterocycles. The predicted octanol–water partition coefficient (Wildman–Crippen LogP) is 1.68. The lowest BCUT2D eigenvalue weighted by atomic mass is 10.2. The van der Waals surface area contributed by atoms with Crippen LogP contribution in [0.15, 0.2) is 24.3 Å². The quantitative estimate of drug-likeness (QED) is 0.891. The lowest BCUT2D eigenvalue weighted by molar-refractivity contribution is 0.280. The van der Waals surface area contributed by atoms with E-state index in [-0.39, 0.29) is 6.61 Å². The summed E-state index contributed by atoms with van der Waals surface area (Å²) in [6, 6.07) is 7.31. The molecule has 2 rings (SSSR count). The van der Waals surface area contributed by atoms with E-state index in [1.165, 1.54) is 11.5 Å². The van der Waals surface area contributed by atoms with E-state index in [9.17, 15) is 0 Å². The zero-order valence-corrected chi connectivity index (χ0v) is 11.1. The first kappa shape index (κ1) is 12.8. The Morgan fingerprint density at radius 3 is 2.56 bits per heavy atom. The van der Waals surface area contributed by atoms with Crippen LogP contribution >= 0.6 is 11.5 Å². The van der Waals surface area contributed by atoms with Gasteiger partial charge in [0.15, 0.2) is 5.82 Å². The van der Waals surface area contributed by atoms with E-state index in [4.69, 9.17) is 9.84 Å². The van der Waals surface area contributed by atoms with Gasteiger partial charge in [-0.05, 0) is 17.7 Å². The Labute approximate surface area is 110 Å². The van der Waals surface area contributed by atoms with E-state index in [1.54, 1.807) is 0 Å². The number of aromatic nitrogens is 2. The van der Waals surface area contributed by atoms with Gasteiger partial charge in [0.05, 0.1) is 6.61 Å². The van der Waals surface area contributed by atoms with Gasteiger partial charge in [-0.1, -0.05) is 12.1 Å². The molecule has 2 aromatic rings. The Hall–Kier alpha value is -1.66. The maximum absolute atomic E-state index is 8.93. The molecule has 5 nitrogen and oxygen atoms in total. The number of aliphatic hydroxyl groups is 1. The number of nitrogens with zero attached hydrogens (tertiary/aromatic N) is 3. The van der Waals surface area contributed by atoms with Gasteiger partial charge in [0.2, 0.25) is 5.13 Å². The number of hydrogen-bond acceptors (Lipinski definition) is 6. The molecule has 6 heteroatoms.